The van der Waals surface area contributed by atoms with Crippen molar-refractivity contribution in [1.29, 1.82) is 0 Å². The number of fused-ring (bicyclic) bond motifs is 1. The van der Waals surface area contributed by atoms with Crippen molar-refractivity contribution in [2.45, 2.75) is 19.4 Å². The number of ether oxygens (including phenoxy) is 1. The number of carbonyl (C=O) groups is 1. The van der Waals surface area contributed by atoms with Crippen LogP contribution in [0.3, 0.4) is 0 Å². The molecule has 1 saturated heterocycles. The molecule has 0 saturated carbocycles. The molecule has 0 radical (unpaired) electrons. The molecule has 1 unspecified atom stereocenters. The second kappa shape index (κ2) is 8.08. The number of benzene rings is 2. The molecule has 1 fully saturated rings. The first kappa shape index (κ1) is 19.2. The van der Waals surface area contributed by atoms with E-state index < -0.39 is 0 Å². The fourth-order valence-corrected chi connectivity index (χ4v) is 3.97. The summed E-state index contributed by atoms with van der Waals surface area (Å²) >= 11 is 0. The average Bonchev–Trinajstić information content (AvgIpc) is 3.03. The maximum Gasteiger partial charge on any atom is 0.269 e. The molecule has 2 aromatic carbocycles. The van der Waals surface area contributed by atoms with Gasteiger partial charge < -0.3 is 19.9 Å². The predicted octanol–water partition coefficient (Wildman–Crippen LogP) is 2.82. The smallest absolute Gasteiger partial charge is 0.269 e. The van der Waals surface area contributed by atoms with E-state index in [1.165, 1.54) is 6.07 Å². The minimum absolute atomic E-state index is 0.0857. The highest BCUT2D eigenvalue weighted by Gasteiger charge is 2.29. The second-order valence-corrected chi connectivity index (χ2v) is 7.45. The normalized spacial score (nSPS) is 18.4. The zero-order valence-corrected chi connectivity index (χ0v) is 16.3. The maximum atomic E-state index is 12.6. The van der Waals surface area contributed by atoms with Crippen LogP contribution in [0.5, 0.6) is 0 Å². The quantitative estimate of drug-likeness (QED) is 0.618. The number of carbonyl (C=O) groups excluding carboxylic acids is 1. The van der Waals surface area contributed by atoms with Gasteiger partial charge in [0, 0.05) is 48.3 Å². The van der Waals surface area contributed by atoms with Gasteiger partial charge in [-0.3, -0.25) is 14.9 Å². The van der Waals surface area contributed by atoms with Crippen LogP contribution in [-0.4, -0.2) is 49.7 Å². The number of hydrogen-bond donors (Lipinski definition) is 1. The number of nitro benzene ring substituents is 1. The zero-order chi connectivity index (χ0) is 20.4. The molecule has 1 amide bonds. The van der Waals surface area contributed by atoms with Crippen LogP contribution in [0.15, 0.2) is 42.5 Å². The van der Waals surface area contributed by atoms with E-state index in [1.54, 1.807) is 12.1 Å². The van der Waals surface area contributed by atoms with Gasteiger partial charge in [-0.2, -0.15) is 0 Å². The molecule has 0 spiro atoms. The van der Waals surface area contributed by atoms with Crippen molar-refractivity contribution < 1.29 is 14.5 Å². The topological polar surface area (TPSA) is 88.0 Å². The maximum absolute atomic E-state index is 12.6. The molecule has 2 aromatic rings. The number of non-ortho nitro benzene ring substituents is 1. The van der Waals surface area contributed by atoms with Gasteiger partial charge in [-0.1, -0.05) is 0 Å². The molecular weight excluding hydrogens is 372 g/mol. The molecule has 152 valence electrons. The lowest BCUT2D eigenvalue weighted by atomic mass is 10.1. The molecule has 0 aliphatic carbocycles. The molecule has 8 nitrogen and oxygen atoms in total. The largest absolute Gasteiger partial charge is 0.378 e. The van der Waals surface area contributed by atoms with Crippen LogP contribution in [0.1, 0.15) is 12.5 Å². The summed E-state index contributed by atoms with van der Waals surface area (Å²) in [5.41, 5.74) is 3.76. The summed E-state index contributed by atoms with van der Waals surface area (Å²) in [4.78, 5) is 27.5. The molecule has 2 heterocycles. The van der Waals surface area contributed by atoms with Crippen LogP contribution in [-0.2, 0) is 16.0 Å². The molecule has 4 rings (SSSR count). The predicted molar refractivity (Wildman–Crippen MR) is 112 cm³/mol. The highest BCUT2D eigenvalue weighted by molar-refractivity contribution is 5.94. The SMILES string of the molecule is CC1Cc2cc([N+](=O)[O-])ccc2N1CC(=O)Nc1ccc(N2CCOCC2)cc1. The number of nitro groups is 1. The Morgan fingerprint density at radius 2 is 1.93 bits per heavy atom. The van der Waals surface area contributed by atoms with Crippen LogP contribution < -0.4 is 15.1 Å². The van der Waals surface area contributed by atoms with Crippen molar-refractivity contribution in [2.24, 2.45) is 0 Å². The summed E-state index contributed by atoms with van der Waals surface area (Å²) in [5, 5.41) is 13.9. The third-order valence-corrected chi connectivity index (χ3v) is 5.47. The van der Waals surface area contributed by atoms with Gasteiger partial charge in [0.15, 0.2) is 0 Å². The van der Waals surface area contributed by atoms with Crippen LogP contribution >= 0.6 is 0 Å². The van der Waals surface area contributed by atoms with Crippen LogP contribution in [0.2, 0.25) is 0 Å². The minimum atomic E-state index is -0.388. The summed E-state index contributed by atoms with van der Waals surface area (Å²) in [5.74, 6) is -0.109. The van der Waals surface area contributed by atoms with E-state index in [-0.39, 0.29) is 29.1 Å². The van der Waals surface area contributed by atoms with Crippen LogP contribution in [0, 0.1) is 10.1 Å². The highest BCUT2D eigenvalue weighted by Crippen LogP contribution is 2.34. The van der Waals surface area contributed by atoms with Gasteiger partial charge in [0.1, 0.15) is 0 Å². The van der Waals surface area contributed by atoms with Crippen molar-refractivity contribution in [3.8, 4) is 0 Å². The Morgan fingerprint density at radius 1 is 1.21 bits per heavy atom. The number of hydrogen-bond acceptors (Lipinski definition) is 6. The molecule has 2 aliphatic rings. The molecule has 8 heteroatoms. The fraction of sp³-hybridized carbons (Fsp3) is 0.381. The average molecular weight is 396 g/mol. The standard InChI is InChI=1S/C21H24N4O4/c1-15-12-16-13-19(25(27)28)6-7-20(16)24(15)14-21(26)22-17-2-4-18(5-3-17)23-8-10-29-11-9-23/h2-7,13,15H,8-12,14H2,1H3,(H,22,26). The molecule has 29 heavy (non-hydrogen) atoms. The second-order valence-electron chi connectivity index (χ2n) is 7.45. The van der Waals surface area contributed by atoms with Crippen molar-refractivity contribution in [1.82, 2.24) is 0 Å². The Hall–Kier alpha value is -3.13. The van der Waals surface area contributed by atoms with Gasteiger partial charge in [0.2, 0.25) is 5.91 Å². The number of amides is 1. The van der Waals surface area contributed by atoms with E-state index in [0.29, 0.717) is 6.42 Å². The molecule has 1 atom stereocenters. The first-order valence-electron chi connectivity index (χ1n) is 9.78. The van der Waals surface area contributed by atoms with E-state index in [0.717, 1.165) is 48.9 Å². The molecule has 0 bridgehead atoms. The summed E-state index contributed by atoms with van der Waals surface area (Å²) in [6.45, 7) is 5.44. The van der Waals surface area contributed by atoms with Gasteiger partial charge in [-0.15, -0.1) is 0 Å². The lowest BCUT2D eigenvalue weighted by Gasteiger charge is -2.29. The van der Waals surface area contributed by atoms with Gasteiger partial charge >= 0.3 is 0 Å². The first-order valence-corrected chi connectivity index (χ1v) is 9.78. The monoisotopic (exact) mass is 396 g/mol. The van der Waals surface area contributed by atoms with E-state index in [2.05, 4.69) is 10.2 Å². The van der Waals surface area contributed by atoms with Crippen LogP contribution in [0.4, 0.5) is 22.7 Å². The van der Waals surface area contributed by atoms with Crippen molar-refractivity contribution in [3.05, 3.63) is 58.1 Å². The highest BCUT2D eigenvalue weighted by atomic mass is 16.6. The van der Waals surface area contributed by atoms with Crippen molar-refractivity contribution in [3.63, 3.8) is 0 Å². The Bertz CT molecular complexity index is 909. The Morgan fingerprint density at radius 3 is 2.62 bits per heavy atom. The number of morpholine rings is 1. The number of nitrogens with one attached hydrogen (secondary N) is 1. The fourth-order valence-electron chi connectivity index (χ4n) is 3.97. The van der Waals surface area contributed by atoms with E-state index in [4.69, 9.17) is 4.74 Å². The van der Waals surface area contributed by atoms with Gasteiger partial charge in [0.05, 0.1) is 24.7 Å². The molecule has 2 aliphatic heterocycles. The Balaban J connectivity index is 1.39. The lowest BCUT2D eigenvalue weighted by molar-refractivity contribution is -0.384. The first-order chi connectivity index (χ1) is 14.0. The molecule has 1 N–H and O–H groups in total. The summed E-state index contributed by atoms with van der Waals surface area (Å²) in [6, 6.07) is 12.8. The van der Waals surface area contributed by atoms with Gasteiger partial charge in [-0.25, -0.2) is 0 Å². The van der Waals surface area contributed by atoms with Crippen molar-refractivity contribution in [2.75, 3.05) is 48.0 Å². The molecule has 0 aromatic heterocycles. The number of rotatable bonds is 5. The third-order valence-electron chi connectivity index (χ3n) is 5.47. The Kier molecular flexibility index (Phi) is 5.35. The summed E-state index contributed by atoms with van der Waals surface area (Å²) in [7, 11) is 0. The van der Waals surface area contributed by atoms with Crippen molar-refractivity contribution >= 4 is 28.7 Å². The van der Waals surface area contributed by atoms with Gasteiger partial charge in [0.25, 0.3) is 5.69 Å². The lowest BCUT2D eigenvalue weighted by Crippen LogP contribution is -2.37. The Labute approximate surface area is 169 Å². The van der Waals surface area contributed by atoms with E-state index >= 15 is 0 Å². The van der Waals surface area contributed by atoms with Gasteiger partial charge in [-0.05, 0) is 49.2 Å². The number of nitrogens with zero attached hydrogens (tertiary/aromatic N) is 3. The summed E-state index contributed by atoms with van der Waals surface area (Å²) < 4.78 is 5.38. The molecular formula is C21H24N4O4. The minimum Gasteiger partial charge on any atom is -0.378 e. The third kappa shape index (κ3) is 4.17. The zero-order valence-electron chi connectivity index (χ0n) is 16.3. The van der Waals surface area contributed by atoms with E-state index in [1.807, 2.05) is 36.1 Å². The van der Waals surface area contributed by atoms with Crippen LogP contribution in [0.25, 0.3) is 0 Å². The number of anilines is 3. The summed E-state index contributed by atoms with van der Waals surface area (Å²) in [6.07, 6.45) is 0.693. The van der Waals surface area contributed by atoms with E-state index in [9.17, 15) is 14.9 Å².